The number of anilines is 1. The van der Waals surface area contributed by atoms with Crippen molar-refractivity contribution >= 4 is 5.69 Å². The third-order valence-corrected chi connectivity index (χ3v) is 4.23. The van der Waals surface area contributed by atoms with E-state index in [-0.39, 0.29) is 5.41 Å². The van der Waals surface area contributed by atoms with Crippen molar-refractivity contribution in [1.29, 1.82) is 0 Å². The van der Waals surface area contributed by atoms with Crippen LogP contribution in [0.2, 0.25) is 0 Å². The molecule has 0 fully saturated rings. The molecule has 0 saturated carbocycles. The van der Waals surface area contributed by atoms with E-state index in [0.29, 0.717) is 5.89 Å². The number of hydrogen-bond donors (Lipinski definition) is 2. The quantitative estimate of drug-likeness (QED) is 0.622. The van der Waals surface area contributed by atoms with Crippen molar-refractivity contribution in [3.63, 3.8) is 0 Å². The number of hydrogen-bond acceptors (Lipinski definition) is 4. The molecule has 27 heavy (non-hydrogen) atoms. The van der Waals surface area contributed by atoms with Gasteiger partial charge in [-0.05, 0) is 60.5 Å². The summed E-state index contributed by atoms with van der Waals surface area (Å²) in [5.74, 6) is 1.49. The molecule has 142 valence electrons. The van der Waals surface area contributed by atoms with Gasteiger partial charge in [-0.3, -0.25) is 0 Å². The van der Waals surface area contributed by atoms with Crippen molar-refractivity contribution in [3.8, 4) is 22.8 Å². The molecule has 2 aromatic carbocycles. The summed E-state index contributed by atoms with van der Waals surface area (Å²) in [4.78, 5) is 4.61. The second kappa shape index (κ2) is 8.58. The Balaban J connectivity index is 0.000000817. The smallest absolute Gasteiger partial charge is 0.226 e. The topological polar surface area (TPSA) is 64.1 Å². The molecule has 0 atom stereocenters. The largest absolute Gasteiger partial charge is 0.436 e. The first-order chi connectivity index (χ1) is 12.8. The van der Waals surface area contributed by atoms with Crippen molar-refractivity contribution < 1.29 is 4.42 Å². The third-order valence-electron chi connectivity index (χ3n) is 4.23. The summed E-state index contributed by atoms with van der Waals surface area (Å²) in [5.41, 5.74) is 10.1. The van der Waals surface area contributed by atoms with Gasteiger partial charge in [0.15, 0.2) is 5.76 Å². The summed E-state index contributed by atoms with van der Waals surface area (Å²) < 4.78 is 6.05. The SMILES string of the molecule is C=CN.CNc1ccc(-c2oc(-c3ccc(C(C)(C)C)cc3)nc2C)cc1. The van der Waals surface area contributed by atoms with Gasteiger partial charge < -0.3 is 15.5 Å². The Morgan fingerprint density at radius 2 is 1.52 bits per heavy atom. The van der Waals surface area contributed by atoms with Gasteiger partial charge in [-0.1, -0.05) is 39.5 Å². The molecule has 1 aromatic heterocycles. The molecule has 0 unspecified atom stereocenters. The Morgan fingerprint density at radius 3 is 2.00 bits per heavy atom. The van der Waals surface area contributed by atoms with Gasteiger partial charge in [0.1, 0.15) is 0 Å². The fourth-order valence-electron chi connectivity index (χ4n) is 2.69. The Labute approximate surface area is 162 Å². The van der Waals surface area contributed by atoms with Gasteiger partial charge in [0.25, 0.3) is 0 Å². The Kier molecular flexibility index (Phi) is 6.45. The first kappa shape index (κ1) is 20.3. The predicted octanol–water partition coefficient (Wildman–Crippen LogP) is 5.74. The lowest BCUT2D eigenvalue weighted by molar-refractivity contribution is 0.584. The Hall–Kier alpha value is -3.01. The van der Waals surface area contributed by atoms with Crippen LogP contribution >= 0.6 is 0 Å². The highest BCUT2D eigenvalue weighted by atomic mass is 16.4. The summed E-state index contributed by atoms with van der Waals surface area (Å²) in [6.45, 7) is 11.8. The van der Waals surface area contributed by atoms with Crippen molar-refractivity contribution in [2.24, 2.45) is 5.73 Å². The van der Waals surface area contributed by atoms with E-state index in [2.05, 4.69) is 67.7 Å². The number of aromatic nitrogens is 1. The molecule has 0 amide bonds. The zero-order valence-electron chi connectivity index (χ0n) is 16.8. The molecule has 0 aliphatic carbocycles. The van der Waals surface area contributed by atoms with Crippen molar-refractivity contribution in [1.82, 2.24) is 4.98 Å². The number of nitrogens with two attached hydrogens (primary N) is 1. The summed E-state index contributed by atoms with van der Waals surface area (Å²) in [7, 11) is 1.91. The van der Waals surface area contributed by atoms with Crippen LogP contribution in [0.4, 0.5) is 5.69 Å². The molecule has 3 N–H and O–H groups in total. The van der Waals surface area contributed by atoms with Crippen LogP contribution in [0.3, 0.4) is 0 Å². The maximum atomic E-state index is 6.05. The second-order valence-electron chi connectivity index (χ2n) is 7.32. The Bertz CT molecular complexity index is 869. The molecule has 1 heterocycles. The van der Waals surface area contributed by atoms with Crippen molar-refractivity contribution in [2.75, 3.05) is 12.4 Å². The lowest BCUT2D eigenvalue weighted by Gasteiger charge is -2.18. The molecule has 0 spiro atoms. The summed E-state index contributed by atoms with van der Waals surface area (Å²) in [5, 5.41) is 3.12. The zero-order chi connectivity index (χ0) is 20.0. The van der Waals surface area contributed by atoms with Crippen LogP contribution in [0, 0.1) is 6.92 Å². The molecule has 3 aromatic rings. The minimum atomic E-state index is 0.144. The predicted molar refractivity (Wildman–Crippen MR) is 115 cm³/mol. The molecular formula is C23H29N3O. The van der Waals surface area contributed by atoms with Gasteiger partial charge in [-0.15, -0.1) is 0 Å². The zero-order valence-corrected chi connectivity index (χ0v) is 16.8. The fourth-order valence-corrected chi connectivity index (χ4v) is 2.69. The van der Waals surface area contributed by atoms with Gasteiger partial charge in [0.05, 0.1) is 5.69 Å². The van der Waals surface area contributed by atoms with Crippen LogP contribution in [-0.4, -0.2) is 12.0 Å². The van der Waals surface area contributed by atoms with Crippen LogP contribution < -0.4 is 11.1 Å². The highest BCUT2D eigenvalue weighted by Crippen LogP contribution is 2.31. The maximum Gasteiger partial charge on any atom is 0.226 e. The van der Waals surface area contributed by atoms with Gasteiger partial charge >= 0.3 is 0 Å². The van der Waals surface area contributed by atoms with E-state index in [4.69, 9.17) is 4.42 Å². The van der Waals surface area contributed by atoms with Gasteiger partial charge in [-0.2, -0.15) is 0 Å². The first-order valence-corrected chi connectivity index (χ1v) is 8.99. The summed E-state index contributed by atoms with van der Waals surface area (Å²) in [6.07, 6.45) is 1.25. The number of oxazole rings is 1. The molecule has 4 heteroatoms. The minimum absolute atomic E-state index is 0.144. The first-order valence-electron chi connectivity index (χ1n) is 8.99. The van der Waals surface area contributed by atoms with E-state index in [1.54, 1.807) is 0 Å². The normalized spacial score (nSPS) is 10.7. The lowest BCUT2D eigenvalue weighted by atomic mass is 9.87. The Morgan fingerprint density at radius 1 is 1.00 bits per heavy atom. The highest BCUT2D eigenvalue weighted by Gasteiger charge is 2.16. The van der Waals surface area contributed by atoms with Crippen LogP contribution in [0.1, 0.15) is 32.0 Å². The number of benzene rings is 2. The average molecular weight is 364 g/mol. The van der Waals surface area contributed by atoms with E-state index < -0.39 is 0 Å². The standard InChI is InChI=1S/C21H24N2O.C2H5N/c1-14-19(15-8-12-18(22-5)13-9-15)24-20(23-14)16-6-10-17(11-7-16)21(2,3)4;1-2-3/h6-13,22H,1-5H3;2H,1,3H2. The molecular weight excluding hydrogens is 334 g/mol. The monoisotopic (exact) mass is 363 g/mol. The van der Waals surface area contributed by atoms with E-state index in [1.807, 2.05) is 38.2 Å². The third kappa shape index (κ3) is 5.00. The van der Waals surface area contributed by atoms with Crippen LogP contribution in [0.15, 0.2) is 65.7 Å². The van der Waals surface area contributed by atoms with E-state index in [0.717, 1.165) is 28.3 Å². The number of nitrogens with zero attached hydrogens (tertiary/aromatic N) is 1. The number of rotatable bonds is 3. The molecule has 3 rings (SSSR count). The molecule has 0 aliphatic heterocycles. The van der Waals surface area contributed by atoms with E-state index in [9.17, 15) is 0 Å². The van der Waals surface area contributed by atoms with Gasteiger partial charge in [0, 0.05) is 23.9 Å². The molecule has 0 saturated heterocycles. The van der Waals surface area contributed by atoms with Crippen molar-refractivity contribution in [3.05, 3.63) is 72.6 Å². The molecule has 0 aliphatic rings. The molecule has 0 bridgehead atoms. The second-order valence-corrected chi connectivity index (χ2v) is 7.32. The lowest BCUT2D eigenvalue weighted by Crippen LogP contribution is -2.10. The fraction of sp³-hybridized carbons (Fsp3) is 0.261. The molecule has 0 radical (unpaired) electrons. The minimum Gasteiger partial charge on any atom is -0.436 e. The van der Waals surface area contributed by atoms with Crippen LogP contribution in [0.5, 0.6) is 0 Å². The maximum absolute atomic E-state index is 6.05. The van der Waals surface area contributed by atoms with Crippen LogP contribution in [0.25, 0.3) is 22.8 Å². The van der Waals surface area contributed by atoms with Gasteiger partial charge in [0.2, 0.25) is 5.89 Å². The van der Waals surface area contributed by atoms with Crippen LogP contribution in [-0.2, 0) is 5.41 Å². The van der Waals surface area contributed by atoms with E-state index >= 15 is 0 Å². The van der Waals surface area contributed by atoms with Gasteiger partial charge in [-0.25, -0.2) is 4.98 Å². The number of nitrogens with one attached hydrogen (secondary N) is 1. The average Bonchev–Trinajstić information content (AvgIpc) is 3.03. The summed E-state index contributed by atoms with van der Waals surface area (Å²) in [6, 6.07) is 16.6. The van der Waals surface area contributed by atoms with Crippen molar-refractivity contribution in [2.45, 2.75) is 33.1 Å². The van der Waals surface area contributed by atoms with E-state index in [1.165, 1.54) is 11.8 Å². The summed E-state index contributed by atoms with van der Waals surface area (Å²) >= 11 is 0. The highest BCUT2D eigenvalue weighted by molar-refractivity contribution is 5.66. The molecule has 4 nitrogen and oxygen atoms in total. The number of aryl methyl sites for hydroxylation is 1.